The molecule has 2 nitrogen and oxygen atoms in total. The first-order chi connectivity index (χ1) is 6.24. The predicted molar refractivity (Wildman–Crippen MR) is 52.4 cm³/mol. The fraction of sp³-hybridized carbons (Fsp3) is 0.182. The Balaban J connectivity index is 2.99. The number of hydrogen-bond acceptors (Lipinski definition) is 1. The predicted octanol–water partition coefficient (Wildman–Crippen LogP) is 2.36. The van der Waals surface area contributed by atoms with Crippen molar-refractivity contribution in [1.82, 2.24) is 4.57 Å². The molecule has 1 heterocycles. The summed E-state index contributed by atoms with van der Waals surface area (Å²) in [6.07, 6.45) is 1.98. The van der Waals surface area contributed by atoms with Gasteiger partial charge in [-0.05, 0) is 18.6 Å². The number of aryl methyl sites for hydroxylation is 2. The summed E-state index contributed by atoms with van der Waals surface area (Å²) in [5, 5.41) is 10.1. The van der Waals surface area contributed by atoms with Crippen molar-refractivity contribution in [2.45, 2.75) is 6.92 Å². The van der Waals surface area contributed by atoms with Crippen LogP contribution in [0.25, 0.3) is 10.9 Å². The maximum atomic E-state index is 9.00. The van der Waals surface area contributed by atoms with Crippen molar-refractivity contribution < 1.29 is 0 Å². The van der Waals surface area contributed by atoms with Crippen molar-refractivity contribution in [1.29, 1.82) is 5.26 Å². The van der Waals surface area contributed by atoms with E-state index < -0.39 is 0 Å². The van der Waals surface area contributed by atoms with Gasteiger partial charge in [0.25, 0.3) is 0 Å². The highest BCUT2D eigenvalue weighted by molar-refractivity contribution is 5.86. The second-order valence-corrected chi connectivity index (χ2v) is 3.23. The molecule has 1 aromatic carbocycles. The standard InChI is InChI=1S/C11H10N2/c1-8-3-4-9-5-6-13(2)11(9)10(8)7-12/h3-6H,1-2H3. The summed E-state index contributed by atoms with van der Waals surface area (Å²) < 4.78 is 1.99. The molecule has 0 amide bonds. The molecule has 1 aromatic heterocycles. The number of fused-ring (bicyclic) bond motifs is 1. The Morgan fingerprint density at radius 2 is 2.08 bits per heavy atom. The van der Waals surface area contributed by atoms with E-state index >= 15 is 0 Å². The first kappa shape index (κ1) is 7.88. The molecule has 0 saturated carbocycles. The fourth-order valence-corrected chi connectivity index (χ4v) is 1.63. The van der Waals surface area contributed by atoms with Crippen LogP contribution in [0.15, 0.2) is 24.4 Å². The molecule has 0 aliphatic heterocycles. The first-order valence-electron chi connectivity index (χ1n) is 4.19. The highest BCUT2D eigenvalue weighted by Gasteiger charge is 2.06. The summed E-state index contributed by atoms with van der Waals surface area (Å²) in [4.78, 5) is 0. The second-order valence-electron chi connectivity index (χ2n) is 3.23. The van der Waals surface area contributed by atoms with Gasteiger partial charge >= 0.3 is 0 Å². The minimum atomic E-state index is 0.782. The quantitative estimate of drug-likeness (QED) is 0.596. The normalized spacial score (nSPS) is 10.2. The van der Waals surface area contributed by atoms with E-state index in [0.717, 1.165) is 22.0 Å². The van der Waals surface area contributed by atoms with Gasteiger partial charge in [0, 0.05) is 18.6 Å². The van der Waals surface area contributed by atoms with Crippen molar-refractivity contribution in [3.05, 3.63) is 35.5 Å². The Hall–Kier alpha value is -1.75. The Labute approximate surface area is 77.0 Å². The van der Waals surface area contributed by atoms with Crippen LogP contribution in [0.2, 0.25) is 0 Å². The van der Waals surface area contributed by atoms with Crippen LogP contribution in [-0.4, -0.2) is 4.57 Å². The minimum absolute atomic E-state index is 0.782. The Kier molecular flexibility index (Phi) is 1.60. The molecule has 0 unspecified atom stereocenters. The number of aromatic nitrogens is 1. The van der Waals surface area contributed by atoms with Crippen molar-refractivity contribution in [3.63, 3.8) is 0 Å². The molecular weight excluding hydrogens is 160 g/mol. The lowest BCUT2D eigenvalue weighted by molar-refractivity contribution is 0.966. The van der Waals surface area contributed by atoms with Gasteiger partial charge in [0.1, 0.15) is 6.07 Å². The molecule has 0 saturated heterocycles. The van der Waals surface area contributed by atoms with E-state index in [1.807, 2.05) is 42.9 Å². The van der Waals surface area contributed by atoms with Crippen LogP contribution < -0.4 is 0 Å². The smallest absolute Gasteiger partial charge is 0.102 e. The number of benzene rings is 1. The third-order valence-corrected chi connectivity index (χ3v) is 2.36. The molecule has 0 bridgehead atoms. The third kappa shape index (κ3) is 1.01. The highest BCUT2D eigenvalue weighted by Crippen LogP contribution is 2.21. The van der Waals surface area contributed by atoms with Gasteiger partial charge in [-0.25, -0.2) is 0 Å². The average Bonchev–Trinajstić information content (AvgIpc) is 2.49. The third-order valence-electron chi connectivity index (χ3n) is 2.36. The summed E-state index contributed by atoms with van der Waals surface area (Å²) in [7, 11) is 1.96. The number of rotatable bonds is 0. The largest absolute Gasteiger partial charge is 0.349 e. The lowest BCUT2D eigenvalue weighted by Gasteiger charge is -2.01. The molecule has 0 aliphatic carbocycles. The van der Waals surface area contributed by atoms with Crippen molar-refractivity contribution in [2.75, 3.05) is 0 Å². The van der Waals surface area contributed by atoms with E-state index in [9.17, 15) is 0 Å². The number of nitrogens with zero attached hydrogens (tertiary/aromatic N) is 2. The molecule has 0 spiro atoms. The topological polar surface area (TPSA) is 28.7 Å². The summed E-state index contributed by atoms with van der Waals surface area (Å²) in [5.41, 5.74) is 2.85. The lowest BCUT2D eigenvalue weighted by Crippen LogP contribution is -1.90. The van der Waals surface area contributed by atoms with Gasteiger partial charge in [0.05, 0.1) is 11.1 Å². The Morgan fingerprint density at radius 3 is 2.77 bits per heavy atom. The molecule has 0 atom stereocenters. The summed E-state index contributed by atoms with van der Waals surface area (Å²) >= 11 is 0. The summed E-state index contributed by atoms with van der Waals surface area (Å²) in [6, 6.07) is 8.30. The molecule has 0 radical (unpaired) electrons. The summed E-state index contributed by atoms with van der Waals surface area (Å²) in [6.45, 7) is 1.96. The van der Waals surface area contributed by atoms with E-state index in [0.29, 0.717) is 0 Å². The molecule has 64 valence electrons. The molecule has 0 aliphatic rings. The maximum Gasteiger partial charge on any atom is 0.102 e. The van der Waals surface area contributed by atoms with Gasteiger partial charge in [0.2, 0.25) is 0 Å². The van der Waals surface area contributed by atoms with Crippen LogP contribution in [-0.2, 0) is 7.05 Å². The highest BCUT2D eigenvalue weighted by atomic mass is 14.9. The Bertz CT molecular complexity index is 501. The van der Waals surface area contributed by atoms with Crippen LogP contribution in [0.3, 0.4) is 0 Å². The second kappa shape index (κ2) is 2.63. The van der Waals surface area contributed by atoms with Crippen LogP contribution in [0.5, 0.6) is 0 Å². The van der Waals surface area contributed by atoms with Gasteiger partial charge in [-0.3, -0.25) is 0 Å². The van der Waals surface area contributed by atoms with Crippen molar-refractivity contribution >= 4 is 10.9 Å². The average molecular weight is 170 g/mol. The molecule has 2 rings (SSSR count). The Morgan fingerprint density at radius 1 is 1.31 bits per heavy atom. The van der Waals surface area contributed by atoms with E-state index in [1.54, 1.807) is 0 Å². The lowest BCUT2D eigenvalue weighted by atomic mass is 10.1. The summed E-state index contributed by atoms with van der Waals surface area (Å²) in [5.74, 6) is 0. The zero-order chi connectivity index (χ0) is 9.42. The van der Waals surface area contributed by atoms with E-state index in [1.165, 1.54) is 0 Å². The van der Waals surface area contributed by atoms with E-state index in [4.69, 9.17) is 5.26 Å². The van der Waals surface area contributed by atoms with Crippen LogP contribution in [0.4, 0.5) is 0 Å². The monoisotopic (exact) mass is 170 g/mol. The van der Waals surface area contributed by atoms with Crippen LogP contribution in [0, 0.1) is 18.3 Å². The molecular formula is C11H10N2. The van der Waals surface area contributed by atoms with Gasteiger partial charge in [-0.1, -0.05) is 12.1 Å². The zero-order valence-corrected chi connectivity index (χ0v) is 7.70. The van der Waals surface area contributed by atoms with Gasteiger partial charge in [0.15, 0.2) is 0 Å². The molecule has 13 heavy (non-hydrogen) atoms. The minimum Gasteiger partial charge on any atom is -0.349 e. The van der Waals surface area contributed by atoms with Crippen molar-refractivity contribution in [3.8, 4) is 6.07 Å². The SMILES string of the molecule is Cc1ccc2ccn(C)c2c1C#N. The fourth-order valence-electron chi connectivity index (χ4n) is 1.63. The van der Waals surface area contributed by atoms with E-state index in [-0.39, 0.29) is 0 Å². The van der Waals surface area contributed by atoms with Gasteiger partial charge in [-0.2, -0.15) is 5.26 Å². The number of hydrogen-bond donors (Lipinski definition) is 0. The molecule has 0 fully saturated rings. The van der Waals surface area contributed by atoms with Gasteiger partial charge < -0.3 is 4.57 Å². The molecule has 2 aromatic rings. The maximum absolute atomic E-state index is 9.00. The molecule has 2 heteroatoms. The zero-order valence-electron chi connectivity index (χ0n) is 7.70. The number of nitriles is 1. The molecule has 0 N–H and O–H groups in total. The van der Waals surface area contributed by atoms with E-state index in [2.05, 4.69) is 6.07 Å². The van der Waals surface area contributed by atoms with Crippen LogP contribution in [0.1, 0.15) is 11.1 Å². The van der Waals surface area contributed by atoms with Crippen LogP contribution >= 0.6 is 0 Å². The van der Waals surface area contributed by atoms with Gasteiger partial charge in [-0.15, -0.1) is 0 Å². The van der Waals surface area contributed by atoms with Crippen molar-refractivity contribution in [2.24, 2.45) is 7.05 Å². The first-order valence-corrected chi connectivity index (χ1v) is 4.19.